The van der Waals surface area contributed by atoms with Gasteiger partial charge in [-0.05, 0) is 90.7 Å². The van der Waals surface area contributed by atoms with Crippen LogP contribution in [0, 0.1) is 6.92 Å². The molecular formula is C36H28. The van der Waals surface area contributed by atoms with Crippen molar-refractivity contribution in [3.8, 4) is 33.4 Å². The van der Waals surface area contributed by atoms with Crippen molar-refractivity contribution < 1.29 is 0 Å². The normalized spacial score (nSPS) is 13.6. The van der Waals surface area contributed by atoms with Crippen molar-refractivity contribution in [2.45, 2.75) is 26.2 Å². The Morgan fingerprint density at radius 3 is 1.83 bits per heavy atom. The van der Waals surface area contributed by atoms with Gasteiger partial charge in [-0.3, -0.25) is 0 Å². The Bertz CT molecular complexity index is 1800. The molecule has 7 rings (SSSR count). The molecule has 36 heavy (non-hydrogen) atoms. The number of rotatable bonds is 2. The van der Waals surface area contributed by atoms with Crippen LogP contribution in [0.2, 0.25) is 0 Å². The van der Waals surface area contributed by atoms with Crippen LogP contribution in [-0.2, 0) is 5.41 Å². The number of hydrogen-bond donors (Lipinski definition) is 0. The van der Waals surface area contributed by atoms with Gasteiger partial charge in [-0.15, -0.1) is 0 Å². The number of aryl methyl sites for hydroxylation is 1. The zero-order chi connectivity index (χ0) is 24.4. The molecule has 0 N–H and O–H groups in total. The molecule has 0 nitrogen and oxygen atoms in total. The SMILES string of the molecule is Cc1c2ccccc2c(-c2ccccc2-c2ccccc2)c2cc3c(cc12)-c1ccccc1C3(C)C. The van der Waals surface area contributed by atoms with Crippen molar-refractivity contribution >= 4 is 21.5 Å². The minimum Gasteiger partial charge on any atom is -0.0622 e. The lowest BCUT2D eigenvalue weighted by Crippen LogP contribution is -2.14. The van der Waals surface area contributed by atoms with Gasteiger partial charge in [0, 0.05) is 5.41 Å². The molecule has 0 unspecified atom stereocenters. The summed E-state index contributed by atoms with van der Waals surface area (Å²) in [4.78, 5) is 0. The van der Waals surface area contributed by atoms with Gasteiger partial charge in [0.15, 0.2) is 0 Å². The Morgan fingerprint density at radius 1 is 0.444 bits per heavy atom. The third-order valence-electron chi connectivity index (χ3n) is 8.28. The zero-order valence-electron chi connectivity index (χ0n) is 21.0. The minimum atomic E-state index is -0.0319. The monoisotopic (exact) mass is 460 g/mol. The Morgan fingerprint density at radius 2 is 1.06 bits per heavy atom. The van der Waals surface area contributed by atoms with E-state index in [9.17, 15) is 0 Å². The van der Waals surface area contributed by atoms with Crippen LogP contribution in [0.1, 0.15) is 30.5 Å². The number of fused-ring (bicyclic) bond motifs is 5. The van der Waals surface area contributed by atoms with Gasteiger partial charge in [0.05, 0.1) is 0 Å². The summed E-state index contributed by atoms with van der Waals surface area (Å²) in [6.45, 7) is 7.03. The summed E-state index contributed by atoms with van der Waals surface area (Å²) in [5.41, 5.74) is 12.1. The molecule has 6 aromatic rings. The van der Waals surface area contributed by atoms with Crippen molar-refractivity contribution in [2.24, 2.45) is 0 Å². The first-order valence-corrected chi connectivity index (χ1v) is 12.8. The molecule has 0 bridgehead atoms. The van der Waals surface area contributed by atoms with Crippen LogP contribution < -0.4 is 0 Å². The zero-order valence-corrected chi connectivity index (χ0v) is 21.0. The highest BCUT2D eigenvalue weighted by atomic mass is 14.4. The summed E-state index contributed by atoms with van der Waals surface area (Å²) in [6.07, 6.45) is 0. The van der Waals surface area contributed by atoms with E-state index in [4.69, 9.17) is 0 Å². The van der Waals surface area contributed by atoms with E-state index >= 15 is 0 Å². The average Bonchev–Trinajstić information content (AvgIpc) is 3.15. The van der Waals surface area contributed by atoms with Crippen LogP contribution >= 0.6 is 0 Å². The molecule has 0 atom stereocenters. The molecule has 0 saturated heterocycles. The first-order valence-electron chi connectivity index (χ1n) is 12.8. The second-order valence-electron chi connectivity index (χ2n) is 10.6. The van der Waals surface area contributed by atoms with E-state index < -0.39 is 0 Å². The van der Waals surface area contributed by atoms with Crippen molar-refractivity contribution in [1.29, 1.82) is 0 Å². The molecule has 0 aliphatic heterocycles. The molecule has 0 amide bonds. The molecule has 0 radical (unpaired) electrons. The molecular weight excluding hydrogens is 432 g/mol. The van der Waals surface area contributed by atoms with Gasteiger partial charge in [0.2, 0.25) is 0 Å². The number of benzene rings is 6. The van der Waals surface area contributed by atoms with E-state index in [1.165, 1.54) is 71.6 Å². The molecule has 0 fully saturated rings. The first kappa shape index (κ1) is 21.1. The highest BCUT2D eigenvalue weighted by Crippen LogP contribution is 2.52. The molecule has 1 aliphatic rings. The third kappa shape index (κ3) is 2.88. The topological polar surface area (TPSA) is 0 Å². The molecule has 6 aromatic carbocycles. The first-order chi connectivity index (χ1) is 17.6. The fourth-order valence-electron chi connectivity index (χ4n) is 6.44. The smallest absolute Gasteiger partial charge is 0.0159 e. The van der Waals surface area contributed by atoms with Crippen molar-refractivity contribution in [2.75, 3.05) is 0 Å². The largest absolute Gasteiger partial charge is 0.0622 e. The van der Waals surface area contributed by atoms with Gasteiger partial charge in [0.25, 0.3) is 0 Å². The van der Waals surface area contributed by atoms with Gasteiger partial charge in [-0.1, -0.05) is 117 Å². The van der Waals surface area contributed by atoms with Crippen molar-refractivity contribution in [3.05, 3.63) is 132 Å². The van der Waals surface area contributed by atoms with Gasteiger partial charge in [0.1, 0.15) is 0 Å². The molecule has 0 spiro atoms. The maximum atomic E-state index is 2.50. The molecule has 0 heterocycles. The summed E-state index contributed by atoms with van der Waals surface area (Å²) < 4.78 is 0. The Hall–Kier alpha value is -4.16. The second-order valence-corrected chi connectivity index (χ2v) is 10.6. The fraction of sp³-hybridized carbons (Fsp3) is 0.111. The van der Waals surface area contributed by atoms with Crippen LogP contribution in [0.5, 0.6) is 0 Å². The molecule has 1 aliphatic carbocycles. The molecule has 0 heteroatoms. The fourth-order valence-corrected chi connectivity index (χ4v) is 6.44. The van der Waals surface area contributed by atoms with Crippen molar-refractivity contribution in [3.63, 3.8) is 0 Å². The second kappa shape index (κ2) is 7.67. The lowest BCUT2D eigenvalue weighted by Gasteiger charge is -2.23. The Labute approximate surface area is 212 Å². The summed E-state index contributed by atoms with van der Waals surface area (Å²) in [5, 5.41) is 5.33. The van der Waals surface area contributed by atoms with E-state index in [2.05, 4.69) is 136 Å². The van der Waals surface area contributed by atoms with Gasteiger partial charge >= 0.3 is 0 Å². The average molecular weight is 461 g/mol. The predicted molar refractivity (Wildman–Crippen MR) is 155 cm³/mol. The van der Waals surface area contributed by atoms with Crippen LogP contribution in [0.15, 0.2) is 115 Å². The molecule has 0 aromatic heterocycles. The van der Waals surface area contributed by atoms with E-state index in [1.807, 2.05) is 0 Å². The minimum absolute atomic E-state index is 0.0319. The van der Waals surface area contributed by atoms with Crippen LogP contribution in [0.3, 0.4) is 0 Å². The quantitative estimate of drug-likeness (QED) is 0.226. The highest BCUT2D eigenvalue weighted by molar-refractivity contribution is 6.17. The lowest BCUT2D eigenvalue weighted by atomic mass is 9.79. The van der Waals surface area contributed by atoms with Crippen LogP contribution in [-0.4, -0.2) is 0 Å². The lowest BCUT2D eigenvalue weighted by molar-refractivity contribution is 0.661. The summed E-state index contributed by atoms with van der Waals surface area (Å²) in [7, 11) is 0. The van der Waals surface area contributed by atoms with Crippen molar-refractivity contribution in [1.82, 2.24) is 0 Å². The van der Waals surface area contributed by atoms with E-state index in [1.54, 1.807) is 0 Å². The molecule has 172 valence electrons. The predicted octanol–water partition coefficient (Wildman–Crippen LogP) is 9.94. The van der Waals surface area contributed by atoms with Crippen LogP contribution in [0.25, 0.3) is 54.9 Å². The van der Waals surface area contributed by atoms with Gasteiger partial charge in [-0.25, -0.2) is 0 Å². The molecule has 0 saturated carbocycles. The van der Waals surface area contributed by atoms with Crippen LogP contribution in [0.4, 0.5) is 0 Å². The summed E-state index contributed by atoms with van der Waals surface area (Å²) in [5.74, 6) is 0. The van der Waals surface area contributed by atoms with Gasteiger partial charge < -0.3 is 0 Å². The maximum absolute atomic E-state index is 2.50. The van der Waals surface area contributed by atoms with E-state index in [0.717, 1.165) is 0 Å². The Kier molecular flexibility index (Phi) is 4.51. The van der Waals surface area contributed by atoms with Gasteiger partial charge in [-0.2, -0.15) is 0 Å². The maximum Gasteiger partial charge on any atom is 0.0159 e. The highest BCUT2D eigenvalue weighted by Gasteiger charge is 2.36. The number of hydrogen-bond acceptors (Lipinski definition) is 0. The summed E-state index contributed by atoms with van der Waals surface area (Å²) >= 11 is 0. The van der Waals surface area contributed by atoms with E-state index in [0.29, 0.717) is 0 Å². The van der Waals surface area contributed by atoms with E-state index in [-0.39, 0.29) is 5.41 Å². The summed E-state index contributed by atoms with van der Waals surface area (Å²) in [6, 6.07) is 42.5. The Balaban J connectivity index is 1.65. The third-order valence-corrected chi connectivity index (χ3v) is 8.28. The standard InChI is InChI=1S/C36H28/c1-23-25-15-7-9-18-28(25)35(29-19-10-8-16-26(29)24-13-5-4-6-14-24)32-22-34-31(21-30(23)32)27-17-11-12-20-33(27)36(34,2)3/h4-22H,1-3H3.